The Morgan fingerprint density at radius 2 is 1.71 bits per heavy atom. The van der Waals surface area contributed by atoms with Crippen molar-refractivity contribution in [2.24, 2.45) is 5.10 Å². The van der Waals surface area contributed by atoms with Gasteiger partial charge in [-0.3, -0.25) is 9.59 Å². The fraction of sp³-hybridized carbons (Fsp3) is 0.0455. The molecule has 0 fully saturated rings. The maximum absolute atomic E-state index is 12.0. The summed E-state index contributed by atoms with van der Waals surface area (Å²) in [6.45, 7) is 3.96. The second-order valence-corrected chi connectivity index (χ2v) is 5.85. The molecule has 0 heterocycles. The van der Waals surface area contributed by atoms with Gasteiger partial charge >= 0.3 is 11.8 Å². The van der Waals surface area contributed by atoms with Crippen LogP contribution in [0.1, 0.15) is 5.56 Å². The minimum atomic E-state index is -0.858. The second kappa shape index (κ2) is 9.14. The molecule has 3 aromatic carbocycles. The predicted molar refractivity (Wildman–Crippen MR) is 110 cm³/mol. The number of ether oxygens (including phenoxy) is 1. The lowest BCUT2D eigenvalue weighted by Gasteiger charge is -2.06. The van der Waals surface area contributed by atoms with Crippen molar-refractivity contribution < 1.29 is 14.3 Å². The molecule has 0 aliphatic rings. The number of carbonyl (C=O) groups is 2. The van der Waals surface area contributed by atoms with Gasteiger partial charge < -0.3 is 10.1 Å². The van der Waals surface area contributed by atoms with Gasteiger partial charge in [0.1, 0.15) is 12.4 Å². The van der Waals surface area contributed by atoms with E-state index in [4.69, 9.17) is 4.74 Å². The maximum atomic E-state index is 12.0. The lowest BCUT2D eigenvalue weighted by atomic mass is 10.1. The van der Waals surface area contributed by atoms with Crippen LogP contribution in [-0.4, -0.2) is 24.6 Å². The Balaban J connectivity index is 1.57. The lowest BCUT2D eigenvalue weighted by Crippen LogP contribution is -2.32. The summed E-state index contributed by atoms with van der Waals surface area (Å²) in [4.78, 5) is 23.9. The Morgan fingerprint density at radius 1 is 0.964 bits per heavy atom. The van der Waals surface area contributed by atoms with Crippen LogP contribution in [0, 0.1) is 0 Å². The second-order valence-electron chi connectivity index (χ2n) is 5.85. The molecule has 0 aliphatic carbocycles. The molecule has 3 rings (SSSR count). The SMILES string of the molecule is C=CCOc1ccc(NC(=O)C(=O)N/N=C/c2cccc3ccccc23)cc1. The zero-order valence-corrected chi connectivity index (χ0v) is 15.1. The van der Waals surface area contributed by atoms with Crippen LogP contribution in [0.25, 0.3) is 10.8 Å². The molecule has 0 atom stereocenters. The van der Waals surface area contributed by atoms with Gasteiger partial charge in [-0.05, 0) is 35.0 Å². The van der Waals surface area contributed by atoms with Crippen molar-refractivity contribution in [3.63, 3.8) is 0 Å². The van der Waals surface area contributed by atoms with E-state index in [1.807, 2.05) is 42.5 Å². The van der Waals surface area contributed by atoms with Crippen molar-refractivity contribution in [3.05, 3.63) is 84.9 Å². The van der Waals surface area contributed by atoms with E-state index in [1.165, 1.54) is 6.21 Å². The summed E-state index contributed by atoms with van der Waals surface area (Å²) in [6, 6.07) is 20.3. The van der Waals surface area contributed by atoms with E-state index >= 15 is 0 Å². The van der Waals surface area contributed by atoms with E-state index in [0.29, 0.717) is 18.0 Å². The zero-order valence-electron chi connectivity index (χ0n) is 15.1. The Morgan fingerprint density at radius 3 is 2.50 bits per heavy atom. The molecular formula is C22H19N3O3. The monoisotopic (exact) mass is 373 g/mol. The number of nitrogens with one attached hydrogen (secondary N) is 2. The molecule has 28 heavy (non-hydrogen) atoms. The quantitative estimate of drug-likeness (QED) is 0.300. The highest BCUT2D eigenvalue weighted by atomic mass is 16.5. The number of rotatable bonds is 6. The van der Waals surface area contributed by atoms with Crippen molar-refractivity contribution >= 4 is 34.5 Å². The van der Waals surface area contributed by atoms with Crippen LogP contribution in [0.3, 0.4) is 0 Å². The van der Waals surface area contributed by atoms with Crippen molar-refractivity contribution in [3.8, 4) is 5.75 Å². The minimum Gasteiger partial charge on any atom is -0.490 e. The molecule has 2 N–H and O–H groups in total. The summed E-state index contributed by atoms with van der Waals surface area (Å²) in [5, 5.41) is 8.46. The van der Waals surface area contributed by atoms with Gasteiger partial charge in [0, 0.05) is 11.3 Å². The van der Waals surface area contributed by atoms with Gasteiger partial charge in [0.2, 0.25) is 0 Å². The average Bonchev–Trinajstić information content (AvgIpc) is 2.73. The van der Waals surface area contributed by atoms with Crippen LogP contribution in [0.15, 0.2) is 84.5 Å². The number of hydrogen-bond donors (Lipinski definition) is 2. The van der Waals surface area contributed by atoms with Gasteiger partial charge in [-0.2, -0.15) is 5.10 Å². The fourth-order valence-corrected chi connectivity index (χ4v) is 2.55. The molecular weight excluding hydrogens is 354 g/mol. The van der Waals surface area contributed by atoms with Gasteiger partial charge in [-0.25, -0.2) is 5.43 Å². The summed E-state index contributed by atoms with van der Waals surface area (Å²) < 4.78 is 5.36. The topological polar surface area (TPSA) is 79.8 Å². The standard InChI is InChI=1S/C22H19N3O3/c1-2-14-28-19-12-10-18(11-13-19)24-21(26)22(27)25-23-15-17-8-5-7-16-6-3-4-9-20(16)17/h2-13,15H,1,14H2,(H,24,26)(H,25,27)/b23-15+. The molecule has 3 aromatic rings. The van der Waals surface area contributed by atoms with Gasteiger partial charge in [-0.1, -0.05) is 55.1 Å². The van der Waals surface area contributed by atoms with Crippen LogP contribution in [0.4, 0.5) is 5.69 Å². The lowest BCUT2D eigenvalue weighted by molar-refractivity contribution is -0.136. The van der Waals surface area contributed by atoms with Gasteiger partial charge in [0.05, 0.1) is 6.21 Å². The fourth-order valence-electron chi connectivity index (χ4n) is 2.55. The number of nitrogens with zero attached hydrogens (tertiary/aromatic N) is 1. The molecule has 0 spiro atoms. The smallest absolute Gasteiger partial charge is 0.329 e. The third-order valence-corrected chi connectivity index (χ3v) is 3.88. The molecule has 0 saturated heterocycles. The summed E-state index contributed by atoms with van der Waals surface area (Å²) in [7, 11) is 0. The Hall–Kier alpha value is -3.93. The molecule has 0 aromatic heterocycles. The van der Waals surface area contributed by atoms with E-state index in [2.05, 4.69) is 22.4 Å². The number of hydrogen-bond acceptors (Lipinski definition) is 4. The van der Waals surface area contributed by atoms with E-state index in [9.17, 15) is 9.59 Å². The van der Waals surface area contributed by atoms with Gasteiger partial charge in [0.25, 0.3) is 0 Å². The Kier molecular flexibility index (Phi) is 6.15. The molecule has 0 bridgehead atoms. The Bertz CT molecular complexity index is 1020. The number of benzene rings is 3. The first kappa shape index (κ1) is 18.8. The number of hydrazone groups is 1. The van der Waals surface area contributed by atoms with Crippen molar-refractivity contribution in [1.29, 1.82) is 0 Å². The highest BCUT2D eigenvalue weighted by molar-refractivity contribution is 6.39. The van der Waals surface area contributed by atoms with Crippen LogP contribution in [-0.2, 0) is 9.59 Å². The van der Waals surface area contributed by atoms with E-state index in [-0.39, 0.29) is 0 Å². The molecule has 2 amide bonds. The zero-order chi connectivity index (χ0) is 19.8. The average molecular weight is 373 g/mol. The third kappa shape index (κ3) is 4.82. The number of fused-ring (bicyclic) bond motifs is 1. The van der Waals surface area contributed by atoms with Crippen LogP contribution >= 0.6 is 0 Å². The molecule has 0 radical (unpaired) electrons. The first-order valence-corrected chi connectivity index (χ1v) is 8.63. The van der Waals surface area contributed by atoms with Crippen molar-refractivity contribution in [2.45, 2.75) is 0 Å². The first-order valence-electron chi connectivity index (χ1n) is 8.63. The van der Waals surface area contributed by atoms with Crippen LogP contribution in [0.2, 0.25) is 0 Å². The highest BCUT2D eigenvalue weighted by Crippen LogP contribution is 2.17. The van der Waals surface area contributed by atoms with E-state index < -0.39 is 11.8 Å². The summed E-state index contributed by atoms with van der Waals surface area (Å²) in [6.07, 6.45) is 3.15. The maximum Gasteiger partial charge on any atom is 0.329 e. The molecule has 0 aliphatic heterocycles. The molecule has 0 unspecified atom stereocenters. The van der Waals surface area contributed by atoms with Crippen LogP contribution in [0.5, 0.6) is 5.75 Å². The summed E-state index contributed by atoms with van der Waals surface area (Å²) in [5.74, 6) is -1.03. The van der Waals surface area contributed by atoms with Gasteiger partial charge in [0.15, 0.2) is 0 Å². The predicted octanol–water partition coefficient (Wildman–Crippen LogP) is 3.49. The highest BCUT2D eigenvalue weighted by Gasteiger charge is 2.12. The molecule has 0 saturated carbocycles. The minimum absolute atomic E-state index is 0.392. The van der Waals surface area contributed by atoms with Crippen molar-refractivity contribution in [2.75, 3.05) is 11.9 Å². The van der Waals surface area contributed by atoms with Crippen LogP contribution < -0.4 is 15.5 Å². The molecule has 6 nitrogen and oxygen atoms in total. The summed E-state index contributed by atoms with van der Waals surface area (Å²) in [5.41, 5.74) is 3.56. The van der Waals surface area contributed by atoms with E-state index in [1.54, 1.807) is 30.3 Å². The Labute approximate surface area is 162 Å². The van der Waals surface area contributed by atoms with Crippen molar-refractivity contribution in [1.82, 2.24) is 5.43 Å². The third-order valence-electron chi connectivity index (χ3n) is 3.88. The number of anilines is 1. The molecule has 140 valence electrons. The molecule has 6 heteroatoms. The summed E-state index contributed by atoms with van der Waals surface area (Å²) >= 11 is 0. The van der Waals surface area contributed by atoms with E-state index in [0.717, 1.165) is 16.3 Å². The number of carbonyl (C=O) groups excluding carboxylic acids is 2. The van der Waals surface area contributed by atoms with Gasteiger partial charge in [-0.15, -0.1) is 0 Å². The first-order chi connectivity index (χ1) is 13.7. The normalized spacial score (nSPS) is 10.6. The number of amides is 2. The largest absolute Gasteiger partial charge is 0.490 e.